The second-order valence-corrected chi connectivity index (χ2v) is 13.6. The van der Waals surface area contributed by atoms with Gasteiger partial charge in [-0.25, -0.2) is 0 Å². The molecule has 15 heavy (non-hydrogen) atoms. The van der Waals surface area contributed by atoms with Gasteiger partial charge in [0.25, 0.3) is 0 Å². The van der Waals surface area contributed by atoms with Crippen LogP contribution in [0, 0.1) is 0 Å². The molecule has 1 unspecified atom stereocenters. The Balaban J connectivity index is 2.95. The van der Waals surface area contributed by atoms with Gasteiger partial charge in [-0.05, 0) is 0 Å². The van der Waals surface area contributed by atoms with E-state index in [2.05, 4.69) is 17.5 Å². The second kappa shape index (κ2) is 6.47. The fourth-order valence-electron chi connectivity index (χ4n) is 1.42. The topological polar surface area (TPSA) is 20.2 Å². The van der Waals surface area contributed by atoms with Gasteiger partial charge in [-0.1, -0.05) is 0 Å². The molecule has 0 aliphatic carbocycles. The molecule has 0 amide bonds. The van der Waals surface area contributed by atoms with Crippen molar-refractivity contribution >= 4 is 44.9 Å². The van der Waals surface area contributed by atoms with Crippen LogP contribution in [0.25, 0.3) is 0 Å². The molecule has 0 fully saturated rings. The second-order valence-electron chi connectivity index (χ2n) is 3.03. The van der Waals surface area contributed by atoms with E-state index in [0.717, 1.165) is 5.56 Å². The SMILES string of the molecule is C[Se]C([Se]C)([Se]C)C(O)c1ccccc1. The molecule has 0 aliphatic rings. The number of hydrogen-bond acceptors (Lipinski definition) is 1. The van der Waals surface area contributed by atoms with Crippen molar-refractivity contribution in [2.24, 2.45) is 0 Å². The predicted octanol–water partition coefficient (Wildman–Crippen LogP) is 2.05. The number of aliphatic hydroxyl groups is 1. The summed E-state index contributed by atoms with van der Waals surface area (Å²) in [5.41, 5.74) is 1.09. The summed E-state index contributed by atoms with van der Waals surface area (Å²) >= 11 is 1.56. The normalized spacial score (nSPS) is 13.9. The Hall–Kier alpha value is 0.738. The van der Waals surface area contributed by atoms with Gasteiger partial charge in [0.15, 0.2) is 0 Å². The Bertz CT molecular complexity index is 277. The summed E-state index contributed by atoms with van der Waals surface area (Å²) < 4.78 is 0.231. The van der Waals surface area contributed by atoms with Crippen LogP contribution < -0.4 is 0 Å². The van der Waals surface area contributed by atoms with E-state index in [0.29, 0.717) is 44.9 Å². The van der Waals surface area contributed by atoms with Crippen molar-refractivity contribution in [2.75, 3.05) is 0 Å². The molecule has 0 heterocycles. The summed E-state index contributed by atoms with van der Waals surface area (Å²) in [6, 6.07) is 10.1. The van der Waals surface area contributed by atoms with Gasteiger partial charge in [0.1, 0.15) is 0 Å². The van der Waals surface area contributed by atoms with E-state index in [9.17, 15) is 5.11 Å². The van der Waals surface area contributed by atoms with Gasteiger partial charge in [-0.2, -0.15) is 0 Å². The standard InChI is InChI=1S/C11H16OSe3/c1-13-11(14-2,15-3)10(12)9-7-5-4-6-8-9/h4-8,10,12H,1-3H3. The monoisotopic (exact) mass is 404 g/mol. The van der Waals surface area contributed by atoms with Crippen LogP contribution in [0.4, 0.5) is 0 Å². The van der Waals surface area contributed by atoms with Gasteiger partial charge in [0.2, 0.25) is 0 Å². The van der Waals surface area contributed by atoms with Crippen LogP contribution >= 0.6 is 0 Å². The summed E-state index contributed by atoms with van der Waals surface area (Å²) in [7, 11) is 0. The molecule has 0 bridgehead atoms. The van der Waals surface area contributed by atoms with Gasteiger partial charge in [0.05, 0.1) is 0 Å². The van der Waals surface area contributed by atoms with Crippen molar-refractivity contribution in [1.29, 1.82) is 0 Å². The Morgan fingerprint density at radius 1 is 1.00 bits per heavy atom. The molecule has 1 N–H and O–H groups in total. The van der Waals surface area contributed by atoms with Crippen molar-refractivity contribution in [3.63, 3.8) is 0 Å². The average molecular weight is 401 g/mol. The zero-order chi connectivity index (χ0) is 11.3. The Morgan fingerprint density at radius 2 is 1.47 bits per heavy atom. The van der Waals surface area contributed by atoms with E-state index >= 15 is 0 Å². The van der Waals surface area contributed by atoms with Crippen molar-refractivity contribution < 1.29 is 5.11 Å². The maximum absolute atomic E-state index is 10.5. The average Bonchev–Trinajstić information content (AvgIpc) is 2.33. The summed E-state index contributed by atoms with van der Waals surface area (Å²) in [5.74, 6) is 6.78. The predicted molar refractivity (Wildman–Crippen MR) is 68.9 cm³/mol. The third kappa shape index (κ3) is 3.11. The van der Waals surface area contributed by atoms with Gasteiger partial charge in [0, 0.05) is 0 Å². The van der Waals surface area contributed by atoms with Crippen LogP contribution in [-0.2, 0) is 0 Å². The summed E-state index contributed by atoms with van der Waals surface area (Å²) in [6.07, 6.45) is -0.251. The van der Waals surface area contributed by atoms with E-state index in [1.54, 1.807) is 0 Å². The molecule has 1 aromatic rings. The molecule has 1 aromatic carbocycles. The molecule has 1 nitrogen and oxygen atoms in total. The Morgan fingerprint density at radius 3 is 1.87 bits per heavy atom. The van der Waals surface area contributed by atoms with Gasteiger partial charge in [-0.15, -0.1) is 0 Å². The molecular weight excluding hydrogens is 385 g/mol. The third-order valence-corrected chi connectivity index (χ3v) is 18.2. The zero-order valence-corrected chi connectivity index (χ0v) is 14.3. The van der Waals surface area contributed by atoms with Gasteiger partial charge in [-0.3, -0.25) is 0 Å². The molecule has 0 spiro atoms. The fraction of sp³-hybridized carbons (Fsp3) is 0.455. The van der Waals surface area contributed by atoms with E-state index < -0.39 is 0 Å². The van der Waals surface area contributed by atoms with E-state index in [4.69, 9.17) is 0 Å². The number of rotatable bonds is 5. The maximum atomic E-state index is 10.5. The number of aliphatic hydroxyl groups excluding tert-OH is 1. The summed E-state index contributed by atoms with van der Waals surface area (Å²) in [6.45, 7) is 0. The first kappa shape index (κ1) is 13.8. The summed E-state index contributed by atoms with van der Waals surface area (Å²) in [5, 5.41) is 10.5. The van der Waals surface area contributed by atoms with E-state index in [1.807, 2.05) is 30.3 Å². The molecular formula is C11H16OSe3. The van der Waals surface area contributed by atoms with Crippen LogP contribution in [-0.4, -0.2) is 50.0 Å². The molecule has 4 heteroatoms. The molecule has 0 saturated heterocycles. The minimum absolute atomic E-state index is 0.231. The van der Waals surface area contributed by atoms with Crippen LogP contribution in [0.1, 0.15) is 11.7 Å². The first-order valence-corrected chi connectivity index (χ1v) is 12.3. The molecule has 1 atom stereocenters. The van der Waals surface area contributed by atoms with Crippen LogP contribution in [0.3, 0.4) is 0 Å². The molecule has 84 valence electrons. The Labute approximate surface area is 111 Å². The van der Waals surface area contributed by atoms with Gasteiger partial charge >= 0.3 is 112 Å². The first-order chi connectivity index (χ1) is 7.20. The van der Waals surface area contributed by atoms with E-state index in [-0.39, 0.29) is 8.21 Å². The van der Waals surface area contributed by atoms with Crippen LogP contribution in [0.15, 0.2) is 30.3 Å². The molecule has 0 radical (unpaired) electrons. The quantitative estimate of drug-likeness (QED) is 0.750. The number of benzene rings is 1. The molecule has 1 rings (SSSR count). The number of hydrogen-bond donors (Lipinski definition) is 1. The van der Waals surface area contributed by atoms with Gasteiger partial charge < -0.3 is 0 Å². The third-order valence-electron chi connectivity index (χ3n) is 2.30. The Kier molecular flexibility index (Phi) is 5.95. The molecule has 0 saturated carbocycles. The minimum atomic E-state index is -0.251. The first-order valence-electron chi connectivity index (χ1n) is 4.58. The van der Waals surface area contributed by atoms with Crippen molar-refractivity contribution in [2.45, 2.75) is 25.7 Å². The molecule has 0 aromatic heterocycles. The van der Waals surface area contributed by atoms with Crippen molar-refractivity contribution in [3.8, 4) is 0 Å². The van der Waals surface area contributed by atoms with Crippen LogP contribution in [0.5, 0.6) is 0 Å². The summed E-state index contributed by atoms with van der Waals surface area (Å²) in [4.78, 5) is 0. The fourth-order valence-corrected chi connectivity index (χ4v) is 10.2. The van der Waals surface area contributed by atoms with E-state index in [1.165, 1.54) is 0 Å². The zero-order valence-electron chi connectivity index (χ0n) is 9.14. The van der Waals surface area contributed by atoms with Crippen LogP contribution in [0.2, 0.25) is 19.6 Å². The van der Waals surface area contributed by atoms with Crippen molar-refractivity contribution in [3.05, 3.63) is 35.9 Å². The molecule has 0 aliphatic heterocycles. The van der Waals surface area contributed by atoms with Crippen molar-refractivity contribution in [1.82, 2.24) is 0 Å².